The molecule has 2 aromatic rings. The second kappa shape index (κ2) is 5.39. The Morgan fingerprint density at radius 1 is 1.41 bits per heavy atom. The van der Waals surface area contributed by atoms with E-state index in [-0.39, 0.29) is 0 Å². The lowest BCUT2D eigenvalue weighted by molar-refractivity contribution is 0.292. The van der Waals surface area contributed by atoms with Crippen LogP contribution in [0.3, 0.4) is 0 Å². The number of ether oxygens (including phenoxy) is 1. The van der Waals surface area contributed by atoms with Crippen LogP contribution in [0.2, 0.25) is 0 Å². The van der Waals surface area contributed by atoms with E-state index in [0.717, 1.165) is 25.2 Å². The highest BCUT2D eigenvalue weighted by atomic mass is 127. The molecule has 0 amide bonds. The van der Waals surface area contributed by atoms with Crippen molar-refractivity contribution in [1.82, 2.24) is 9.78 Å². The average Bonchev–Trinajstić information content (AvgIpc) is 2.53. The topological polar surface area (TPSA) is 27.1 Å². The molecule has 1 aromatic carbocycles. The Kier molecular flexibility index (Phi) is 4.09. The maximum atomic E-state index is 5.80. The van der Waals surface area contributed by atoms with E-state index in [9.17, 15) is 0 Å². The summed E-state index contributed by atoms with van der Waals surface area (Å²) in [6.45, 7) is 2.48. The first-order valence-corrected chi connectivity index (χ1v) is 7.02. The summed E-state index contributed by atoms with van der Waals surface area (Å²) in [5.74, 6) is 0.902. The first-order chi connectivity index (χ1) is 8.09. The van der Waals surface area contributed by atoms with Gasteiger partial charge in [0.15, 0.2) is 0 Å². The van der Waals surface area contributed by atoms with Gasteiger partial charge in [-0.15, -0.1) is 0 Å². The van der Waals surface area contributed by atoms with Crippen LogP contribution in [0.4, 0.5) is 0 Å². The summed E-state index contributed by atoms with van der Waals surface area (Å²) in [4.78, 5) is 0. The van der Waals surface area contributed by atoms with E-state index in [1.807, 2.05) is 42.9 Å². The van der Waals surface area contributed by atoms with E-state index in [4.69, 9.17) is 4.74 Å². The average molecular weight is 407 g/mol. The van der Waals surface area contributed by atoms with E-state index in [0.29, 0.717) is 6.61 Å². The molecule has 5 heteroatoms. The SMILES string of the molecule is Cc1nn(C)c(COc2ccccc2I)c1Br. The zero-order valence-electron chi connectivity index (χ0n) is 9.58. The molecule has 1 heterocycles. The van der Waals surface area contributed by atoms with E-state index in [2.05, 4.69) is 43.6 Å². The first-order valence-electron chi connectivity index (χ1n) is 5.15. The van der Waals surface area contributed by atoms with E-state index in [1.54, 1.807) is 0 Å². The molecule has 17 heavy (non-hydrogen) atoms. The number of benzene rings is 1. The highest BCUT2D eigenvalue weighted by molar-refractivity contribution is 14.1. The van der Waals surface area contributed by atoms with Gasteiger partial charge < -0.3 is 4.74 Å². The number of para-hydroxylation sites is 1. The number of aryl methyl sites for hydroxylation is 2. The minimum absolute atomic E-state index is 0.512. The van der Waals surface area contributed by atoms with Crippen molar-refractivity contribution in [3.63, 3.8) is 0 Å². The maximum Gasteiger partial charge on any atom is 0.133 e. The van der Waals surface area contributed by atoms with Crippen LogP contribution in [0.5, 0.6) is 5.75 Å². The normalized spacial score (nSPS) is 10.6. The molecule has 0 aliphatic heterocycles. The molecule has 0 spiro atoms. The number of hydrogen-bond acceptors (Lipinski definition) is 2. The van der Waals surface area contributed by atoms with Gasteiger partial charge in [0.05, 0.1) is 19.4 Å². The molecule has 3 nitrogen and oxygen atoms in total. The van der Waals surface area contributed by atoms with E-state index < -0.39 is 0 Å². The predicted octanol–water partition coefficient (Wildman–Crippen LogP) is 3.67. The minimum atomic E-state index is 0.512. The molecule has 0 unspecified atom stereocenters. The smallest absolute Gasteiger partial charge is 0.133 e. The van der Waals surface area contributed by atoms with Gasteiger partial charge in [-0.2, -0.15) is 5.10 Å². The van der Waals surface area contributed by atoms with Crippen LogP contribution in [-0.2, 0) is 13.7 Å². The summed E-state index contributed by atoms with van der Waals surface area (Å²) in [6, 6.07) is 7.97. The number of halogens is 2. The van der Waals surface area contributed by atoms with Crippen LogP contribution in [0.15, 0.2) is 28.7 Å². The minimum Gasteiger partial charge on any atom is -0.486 e. The van der Waals surface area contributed by atoms with E-state index >= 15 is 0 Å². The van der Waals surface area contributed by atoms with Crippen molar-refractivity contribution in [3.05, 3.63) is 43.7 Å². The Morgan fingerprint density at radius 3 is 2.71 bits per heavy atom. The van der Waals surface area contributed by atoms with Crippen molar-refractivity contribution in [2.24, 2.45) is 7.05 Å². The van der Waals surface area contributed by atoms with Gasteiger partial charge in [0, 0.05) is 7.05 Å². The van der Waals surface area contributed by atoms with Crippen LogP contribution >= 0.6 is 38.5 Å². The van der Waals surface area contributed by atoms with Crippen LogP contribution in [0.1, 0.15) is 11.4 Å². The summed E-state index contributed by atoms with van der Waals surface area (Å²) in [5.41, 5.74) is 2.02. The number of rotatable bonds is 3. The molecule has 0 N–H and O–H groups in total. The van der Waals surface area contributed by atoms with E-state index in [1.165, 1.54) is 0 Å². The van der Waals surface area contributed by atoms with Crippen molar-refractivity contribution < 1.29 is 4.74 Å². The summed E-state index contributed by atoms with van der Waals surface area (Å²) in [6.07, 6.45) is 0. The lowest BCUT2D eigenvalue weighted by Gasteiger charge is -2.08. The Balaban J connectivity index is 2.15. The zero-order valence-corrected chi connectivity index (χ0v) is 13.3. The van der Waals surface area contributed by atoms with Gasteiger partial charge in [-0.25, -0.2) is 0 Å². The quantitative estimate of drug-likeness (QED) is 0.727. The van der Waals surface area contributed by atoms with Crippen LogP contribution in [0.25, 0.3) is 0 Å². The Morgan fingerprint density at radius 2 is 2.12 bits per heavy atom. The molecular weight excluding hydrogens is 395 g/mol. The largest absolute Gasteiger partial charge is 0.486 e. The Hall–Kier alpha value is -0.560. The number of hydrogen-bond donors (Lipinski definition) is 0. The van der Waals surface area contributed by atoms with Gasteiger partial charge in [0.1, 0.15) is 12.4 Å². The van der Waals surface area contributed by atoms with Crippen molar-refractivity contribution in [2.45, 2.75) is 13.5 Å². The van der Waals surface area contributed by atoms with Gasteiger partial charge in [-0.1, -0.05) is 12.1 Å². The summed E-state index contributed by atoms with van der Waals surface area (Å²) in [5, 5.41) is 4.33. The summed E-state index contributed by atoms with van der Waals surface area (Å²) >= 11 is 5.79. The second-order valence-corrected chi connectivity index (χ2v) is 5.64. The third-order valence-corrected chi connectivity index (χ3v) is 4.39. The molecule has 1 aromatic heterocycles. The lowest BCUT2D eigenvalue weighted by Crippen LogP contribution is -2.04. The fourth-order valence-corrected chi connectivity index (χ4v) is 2.54. The van der Waals surface area contributed by atoms with Crippen molar-refractivity contribution in [2.75, 3.05) is 0 Å². The monoisotopic (exact) mass is 406 g/mol. The summed E-state index contributed by atoms with van der Waals surface area (Å²) in [7, 11) is 1.92. The number of aromatic nitrogens is 2. The summed E-state index contributed by atoms with van der Waals surface area (Å²) < 4.78 is 9.77. The predicted molar refractivity (Wildman–Crippen MR) is 79.1 cm³/mol. The molecule has 0 saturated heterocycles. The lowest BCUT2D eigenvalue weighted by atomic mass is 10.3. The second-order valence-electron chi connectivity index (χ2n) is 3.69. The first kappa shape index (κ1) is 12.9. The molecule has 0 aliphatic carbocycles. The van der Waals surface area contributed by atoms with Gasteiger partial charge in [0.25, 0.3) is 0 Å². The molecule has 0 aliphatic rings. The van der Waals surface area contributed by atoms with Gasteiger partial charge in [-0.05, 0) is 57.6 Å². The van der Waals surface area contributed by atoms with Crippen LogP contribution in [0, 0.1) is 10.5 Å². The fourth-order valence-electron chi connectivity index (χ4n) is 1.54. The van der Waals surface area contributed by atoms with Crippen LogP contribution in [-0.4, -0.2) is 9.78 Å². The molecule has 0 fully saturated rings. The van der Waals surface area contributed by atoms with Gasteiger partial charge in [0.2, 0.25) is 0 Å². The maximum absolute atomic E-state index is 5.80. The highest BCUT2D eigenvalue weighted by Crippen LogP contribution is 2.24. The molecule has 0 radical (unpaired) electrons. The Labute approximate surface area is 122 Å². The third kappa shape index (κ3) is 2.82. The van der Waals surface area contributed by atoms with Crippen molar-refractivity contribution in [1.29, 1.82) is 0 Å². The Bertz CT molecular complexity index is 539. The van der Waals surface area contributed by atoms with Crippen LogP contribution < -0.4 is 4.74 Å². The zero-order chi connectivity index (χ0) is 12.4. The van der Waals surface area contributed by atoms with Gasteiger partial charge >= 0.3 is 0 Å². The number of nitrogens with zero attached hydrogens (tertiary/aromatic N) is 2. The standard InChI is InChI=1S/C12H12BrIN2O/c1-8-12(13)10(16(2)15-8)7-17-11-6-4-3-5-9(11)14/h3-6H,7H2,1-2H3. The molecular formula is C12H12BrIN2O. The van der Waals surface area contributed by atoms with Crippen molar-refractivity contribution in [3.8, 4) is 5.75 Å². The van der Waals surface area contributed by atoms with Gasteiger partial charge in [-0.3, -0.25) is 4.68 Å². The molecule has 0 saturated carbocycles. The van der Waals surface area contributed by atoms with Crippen molar-refractivity contribution >= 4 is 38.5 Å². The fraction of sp³-hybridized carbons (Fsp3) is 0.250. The molecule has 2 rings (SSSR count). The molecule has 0 atom stereocenters. The molecule has 0 bridgehead atoms. The highest BCUT2D eigenvalue weighted by Gasteiger charge is 2.11. The third-order valence-electron chi connectivity index (χ3n) is 2.46. The molecule has 90 valence electrons.